The summed E-state index contributed by atoms with van der Waals surface area (Å²) in [5.74, 6) is 1.68. The zero-order chi connectivity index (χ0) is 11.5. The Hall–Kier alpha value is -1.09. The lowest BCUT2D eigenvalue weighted by Gasteiger charge is -2.28. The number of aryl methyl sites for hydroxylation is 1. The van der Waals surface area contributed by atoms with Crippen LogP contribution in [-0.2, 0) is 0 Å². The van der Waals surface area contributed by atoms with E-state index in [4.69, 9.17) is 4.74 Å². The van der Waals surface area contributed by atoms with Crippen LogP contribution in [0.5, 0.6) is 5.75 Å². The lowest BCUT2D eigenvalue weighted by atomic mass is 9.93. The molecule has 2 rings (SSSR count). The van der Waals surface area contributed by atoms with Crippen LogP contribution >= 0.6 is 0 Å². The van der Waals surface area contributed by atoms with Crippen molar-refractivity contribution in [2.45, 2.75) is 32.7 Å². The predicted octanol–water partition coefficient (Wildman–Crippen LogP) is 2.46. The summed E-state index contributed by atoms with van der Waals surface area (Å²) >= 11 is 0. The first-order valence-corrected chi connectivity index (χ1v) is 5.94. The lowest BCUT2D eigenvalue weighted by molar-refractivity contribution is 0.331. The fourth-order valence-corrected chi connectivity index (χ4v) is 2.21. The highest BCUT2D eigenvalue weighted by molar-refractivity contribution is 5.32. The molecular formula is C13H20N2O. The lowest BCUT2D eigenvalue weighted by Crippen LogP contribution is -2.31. The van der Waals surface area contributed by atoms with Gasteiger partial charge in [-0.3, -0.25) is 4.98 Å². The summed E-state index contributed by atoms with van der Waals surface area (Å²) in [6, 6.07) is 2.55. The molecule has 1 aliphatic rings. The molecule has 1 saturated heterocycles. The van der Waals surface area contributed by atoms with Crippen LogP contribution in [0.4, 0.5) is 0 Å². The zero-order valence-electron chi connectivity index (χ0n) is 10.3. The van der Waals surface area contributed by atoms with Gasteiger partial charge in [0.25, 0.3) is 0 Å². The zero-order valence-corrected chi connectivity index (χ0v) is 10.3. The van der Waals surface area contributed by atoms with E-state index in [-0.39, 0.29) is 0 Å². The van der Waals surface area contributed by atoms with Gasteiger partial charge in [-0.25, -0.2) is 0 Å². The van der Waals surface area contributed by atoms with Crippen molar-refractivity contribution in [2.24, 2.45) is 5.92 Å². The Morgan fingerprint density at radius 3 is 2.88 bits per heavy atom. The molecule has 16 heavy (non-hydrogen) atoms. The van der Waals surface area contributed by atoms with Crippen LogP contribution in [0, 0.1) is 12.8 Å². The summed E-state index contributed by atoms with van der Waals surface area (Å²) in [7, 11) is 1.70. The number of piperidine rings is 1. The molecule has 1 aromatic heterocycles. The second-order valence-electron chi connectivity index (χ2n) is 4.70. The van der Waals surface area contributed by atoms with Crippen LogP contribution < -0.4 is 10.1 Å². The number of methoxy groups -OCH3 is 1. The van der Waals surface area contributed by atoms with Gasteiger partial charge in [-0.05, 0) is 43.9 Å². The maximum absolute atomic E-state index is 5.31. The van der Waals surface area contributed by atoms with Gasteiger partial charge in [0.2, 0.25) is 0 Å². The van der Waals surface area contributed by atoms with E-state index < -0.39 is 0 Å². The summed E-state index contributed by atoms with van der Waals surface area (Å²) in [5.41, 5.74) is 2.20. The first-order valence-electron chi connectivity index (χ1n) is 5.94. The van der Waals surface area contributed by atoms with E-state index in [1.807, 2.05) is 13.1 Å². The second-order valence-corrected chi connectivity index (χ2v) is 4.70. The van der Waals surface area contributed by atoms with Gasteiger partial charge in [-0.2, -0.15) is 0 Å². The molecular weight excluding hydrogens is 200 g/mol. The number of pyridine rings is 1. The van der Waals surface area contributed by atoms with Crippen LogP contribution in [0.15, 0.2) is 12.3 Å². The van der Waals surface area contributed by atoms with Gasteiger partial charge in [0.1, 0.15) is 5.75 Å². The van der Waals surface area contributed by atoms with Crippen molar-refractivity contribution in [3.05, 3.63) is 23.5 Å². The number of nitrogens with zero attached hydrogens (tertiary/aromatic N) is 1. The Kier molecular flexibility index (Phi) is 3.44. The predicted molar refractivity (Wildman–Crippen MR) is 64.7 cm³/mol. The van der Waals surface area contributed by atoms with Crippen LogP contribution in [-0.4, -0.2) is 18.6 Å². The van der Waals surface area contributed by atoms with E-state index in [1.165, 1.54) is 18.4 Å². The van der Waals surface area contributed by atoms with Crippen molar-refractivity contribution >= 4 is 0 Å². The average Bonchev–Trinajstić information content (AvgIpc) is 2.31. The molecule has 1 N–H and O–H groups in total. The molecule has 0 aromatic carbocycles. The van der Waals surface area contributed by atoms with Crippen molar-refractivity contribution in [3.8, 4) is 5.75 Å². The SMILES string of the molecule is COc1cc([C@H]2CC[C@H](C)CN2)cnc1C. The number of hydrogen-bond donors (Lipinski definition) is 1. The fourth-order valence-electron chi connectivity index (χ4n) is 2.21. The molecule has 0 unspecified atom stereocenters. The molecule has 1 fully saturated rings. The first-order chi connectivity index (χ1) is 7.70. The third-order valence-corrected chi connectivity index (χ3v) is 3.34. The van der Waals surface area contributed by atoms with Gasteiger partial charge >= 0.3 is 0 Å². The Morgan fingerprint density at radius 2 is 2.25 bits per heavy atom. The van der Waals surface area contributed by atoms with Gasteiger partial charge < -0.3 is 10.1 Å². The summed E-state index contributed by atoms with van der Waals surface area (Å²) in [6.45, 7) is 5.36. The van der Waals surface area contributed by atoms with E-state index in [0.717, 1.165) is 23.9 Å². The van der Waals surface area contributed by atoms with E-state index in [1.54, 1.807) is 7.11 Å². The monoisotopic (exact) mass is 220 g/mol. The Bertz CT molecular complexity index is 357. The molecule has 0 amide bonds. The molecule has 88 valence electrons. The van der Waals surface area contributed by atoms with E-state index in [9.17, 15) is 0 Å². The minimum atomic E-state index is 0.443. The molecule has 1 aromatic rings. The molecule has 0 saturated carbocycles. The maximum atomic E-state index is 5.31. The second kappa shape index (κ2) is 4.83. The van der Waals surface area contributed by atoms with E-state index >= 15 is 0 Å². The summed E-state index contributed by atoms with van der Waals surface area (Å²) in [4.78, 5) is 4.38. The normalized spacial score (nSPS) is 25.4. The van der Waals surface area contributed by atoms with Crippen molar-refractivity contribution in [1.82, 2.24) is 10.3 Å². The van der Waals surface area contributed by atoms with Crippen molar-refractivity contribution in [2.75, 3.05) is 13.7 Å². The molecule has 1 aliphatic heterocycles. The molecule has 2 atom stereocenters. The van der Waals surface area contributed by atoms with Gasteiger partial charge in [0.15, 0.2) is 0 Å². The quantitative estimate of drug-likeness (QED) is 0.831. The number of ether oxygens (including phenoxy) is 1. The summed E-state index contributed by atoms with van der Waals surface area (Å²) < 4.78 is 5.31. The van der Waals surface area contributed by atoms with Crippen molar-refractivity contribution in [1.29, 1.82) is 0 Å². The molecule has 3 heteroatoms. The minimum Gasteiger partial charge on any atom is -0.495 e. The molecule has 2 heterocycles. The van der Waals surface area contributed by atoms with Gasteiger partial charge in [0.05, 0.1) is 12.8 Å². The molecule has 0 aliphatic carbocycles. The summed E-state index contributed by atoms with van der Waals surface area (Å²) in [6.07, 6.45) is 4.44. The average molecular weight is 220 g/mol. The minimum absolute atomic E-state index is 0.443. The van der Waals surface area contributed by atoms with Gasteiger partial charge in [-0.1, -0.05) is 6.92 Å². The number of rotatable bonds is 2. The number of nitrogens with one attached hydrogen (secondary N) is 1. The molecule has 0 spiro atoms. The molecule has 0 bridgehead atoms. The first kappa shape index (κ1) is 11.4. The Balaban J connectivity index is 2.14. The Morgan fingerprint density at radius 1 is 1.44 bits per heavy atom. The fraction of sp³-hybridized carbons (Fsp3) is 0.615. The van der Waals surface area contributed by atoms with Crippen LogP contribution in [0.25, 0.3) is 0 Å². The van der Waals surface area contributed by atoms with E-state index in [2.05, 4.69) is 23.3 Å². The highest BCUT2D eigenvalue weighted by atomic mass is 16.5. The van der Waals surface area contributed by atoms with Gasteiger partial charge in [-0.15, -0.1) is 0 Å². The Labute approximate surface area is 97.2 Å². The van der Waals surface area contributed by atoms with Gasteiger partial charge in [0, 0.05) is 12.2 Å². The van der Waals surface area contributed by atoms with Crippen molar-refractivity contribution in [3.63, 3.8) is 0 Å². The molecule has 3 nitrogen and oxygen atoms in total. The third kappa shape index (κ3) is 2.35. The summed E-state index contributed by atoms with van der Waals surface area (Å²) in [5, 5.41) is 3.56. The van der Waals surface area contributed by atoms with Crippen LogP contribution in [0.1, 0.15) is 37.1 Å². The van der Waals surface area contributed by atoms with Crippen LogP contribution in [0.3, 0.4) is 0 Å². The number of hydrogen-bond acceptors (Lipinski definition) is 3. The smallest absolute Gasteiger partial charge is 0.140 e. The van der Waals surface area contributed by atoms with Crippen LogP contribution in [0.2, 0.25) is 0 Å². The highest BCUT2D eigenvalue weighted by Gasteiger charge is 2.19. The van der Waals surface area contributed by atoms with Crippen molar-refractivity contribution < 1.29 is 4.74 Å². The maximum Gasteiger partial charge on any atom is 0.140 e. The number of aromatic nitrogens is 1. The van der Waals surface area contributed by atoms with E-state index in [0.29, 0.717) is 6.04 Å². The largest absolute Gasteiger partial charge is 0.495 e. The third-order valence-electron chi connectivity index (χ3n) is 3.34. The molecule has 0 radical (unpaired) electrons. The highest BCUT2D eigenvalue weighted by Crippen LogP contribution is 2.28. The topological polar surface area (TPSA) is 34.1 Å². The standard InChI is InChI=1S/C13H20N2O/c1-9-4-5-12(15-7-9)11-6-13(16-3)10(2)14-8-11/h6,8-9,12,15H,4-5,7H2,1-3H3/t9-,12+/m0/s1.